The van der Waals surface area contributed by atoms with Crippen molar-refractivity contribution < 1.29 is 32.9 Å². The molecule has 9 heteroatoms. The second-order valence-corrected chi connectivity index (χ2v) is 23.8. The van der Waals surface area contributed by atoms with E-state index < -0.39 is 20.0 Å². The van der Waals surface area contributed by atoms with E-state index in [0.717, 1.165) is 116 Å². The molecule has 3 atom stereocenters. The van der Waals surface area contributed by atoms with Gasteiger partial charge in [-0.15, -0.1) is 0 Å². The molecule has 2 N–H and O–H groups in total. The molecule has 0 saturated heterocycles. The molecule has 0 aromatic rings. The lowest BCUT2D eigenvalue weighted by molar-refractivity contribution is -0.870. The Kier molecular flexibility index (Phi) is 55.7. The highest BCUT2D eigenvalue weighted by atomic mass is 31.2. The van der Waals surface area contributed by atoms with E-state index in [1.807, 2.05) is 21.1 Å². The number of aliphatic hydroxyl groups excluding tert-OH is 1. The molecule has 0 fully saturated rings. The van der Waals surface area contributed by atoms with Crippen LogP contribution in [0.15, 0.2) is 109 Å². The van der Waals surface area contributed by atoms with Crippen LogP contribution in [-0.2, 0) is 18.4 Å². The molecule has 1 amide bonds. The third-order valence-corrected chi connectivity index (χ3v) is 14.7. The Balaban J connectivity index is 4.21. The van der Waals surface area contributed by atoms with Crippen molar-refractivity contribution in [3.8, 4) is 0 Å². The number of carbonyl (C=O) groups is 1. The third kappa shape index (κ3) is 60.6. The molecule has 0 radical (unpaired) electrons. The van der Waals surface area contributed by atoms with E-state index in [1.165, 1.54) is 122 Å². The number of aliphatic hydroxyl groups is 1. The molecule has 77 heavy (non-hydrogen) atoms. The fraction of sp³-hybridized carbons (Fsp3) is 0.721. The Labute approximate surface area is 476 Å². The molecule has 0 aromatic heterocycles. The van der Waals surface area contributed by atoms with Crippen molar-refractivity contribution in [2.45, 2.75) is 276 Å². The maximum absolute atomic E-state index is 13.0. The highest BCUT2D eigenvalue weighted by molar-refractivity contribution is 7.45. The van der Waals surface area contributed by atoms with Gasteiger partial charge < -0.3 is 28.8 Å². The van der Waals surface area contributed by atoms with Gasteiger partial charge >= 0.3 is 0 Å². The Hall–Kier alpha value is -2.84. The van der Waals surface area contributed by atoms with Gasteiger partial charge in [-0.2, -0.15) is 0 Å². The minimum atomic E-state index is -4.59. The number of nitrogens with zero attached hydrogens (tertiary/aromatic N) is 1. The number of amides is 1. The van der Waals surface area contributed by atoms with Crippen LogP contribution in [0.4, 0.5) is 0 Å². The quantitative estimate of drug-likeness (QED) is 0.0272. The molecule has 0 spiro atoms. The van der Waals surface area contributed by atoms with Gasteiger partial charge in [0.25, 0.3) is 7.82 Å². The summed E-state index contributed by atoms with van der Waals surface area (Å²) >= 11 is 0. The van der Waals surface area contributed by atoms with Crippen molar-refractivity contribution in [3.05, 3.63) is 109 Å². The molecular formula is C68H121N2O6P. The van der Waals surface area contributed by atoms with Crippen molar-refractivity contribution in [2.75, 3.05) is 40.9 Å². The van der Waals surface area contributed by atoms with Crippen LogP contribution < -0.4 is 10.2 Å². The minimum absolute atomic E-state index is 0.00269. The number of nitrogens with one attached hydrogen (secondary N) is 1. The number of phosphoric ester groups is 1. The highest BCUT2D eigenvalue weighted by Crippen LogP contribution is 2.38. The van der Waals surface area contributed by atoms with Gasteiger partial charge in [0.2, 0.25) is 5.91 Å². The van der Waals surface area contributed by atoms with Gasteiger partial charge in [0.1, 0.15) is 13.2 Å². The van der Waals surface area contributed by atoms with Crippen molar-refractivity contribution in [2.24, 2.45) is 0 Å². The van der Waals surface area contributed by atoms with E-state index in [2.05, 4.69) is 129 Å². The number of likely N-dealkylation sites (N-methyl/N-ethyl adjacent to an activating group) is 1. The zero-order valence-electron chi connectivity index (χ0n) is 50.6. The topological polar surface area (TPSA) is 108 Å². The zero-order chi connectivity index (χ0) is 56.3. The van der Waals surface area contributed by atoms with E-state index in [0.29, 0.717) is 23.9 Å². The maximum atomic E-state index is 13.0. The molecule has 444 valence electrons. The Morgan fingerprint density at radius 1 is 0.468 bits per heavy atom. The Morgan fingerprint density at radius 3 is 1.16 bits per heavy atom. The van der Waals surface area contributed by atoms with E-state index in [-0.39, 0.29) is 19.1 Å². The summed E-state index contributed by atoms with van der Waals surface area (Å²) in [5, 5.41) is 14.0. The number of rotatable bonds is 57. The van der Waals surface area contributed by atoms with Crippen molar-refractivity contribution in [1.82, 2.24) is 5.32 Å². The first-order valence-electron chi connectivity index (χ1n) is 31.7. The lowest BCUT2D eigenvalue weighted by Gasteiger charge is -2.30. The van der Waals surface area contributed by atoms with Crippen molar-refractivity contribution >= 4 is 13.7 Å². The number of carbonyl (C=O) groups excluding carboxylic acids is 1. The van der Waals surface area contributed by atoms with E-state index in [1.54, 1.807) is 0 Å². The molecule has 0 aliphatic rings. The largest absolute Gasteiger partial charge is 0.756 e. The first kappa shape index (κ1) is 74.2. The molecule has 0 saturated carbocycles. The van der Waals surface area contributed by atoms with Gasteiger partial charge in [-0.3, -0.25) is 9.36 Å². The molecule has 0 aliphatic heterocycles. The highest BCUT2D eigenvalue weighted by Gasteiger charge is 2.24. The van der Waals surface area contributed by atoms with Crippen LogP contribution in [0.3, 0.4) is 0 Å². The molecule has 0 aromatic carbocycles. The van der Waals surface area contributed by atoms with Crippen molar-refractivity contribution in [1.29, 1.82) is 0 Å². The van der Waals surface area contributed by atoms with E-state index in [4.69, 9.17) is 9.05 Å². The molecule has 0 heterocycles. The molecule has 3 unspecified atom stereocenters. The van der Waals surface area contributed by atoms with E-state index >= 15 is 0 Å². The first-order valence-corrected chi connectivity index (χ1v) is 33.2. The SMILES string of the molecule is CC/C=C\C/C=C\C/C=C\C/C=C\C/C=C\C/C=C\C/C=C\C/C=C\C/C=C\CCCCCCCC(=O)NC(COP(=O)([O-])OCC[N+](C)(C)C)C(O)CCCCCCCCCCCCCCCCCCCCCCCC. The third-order valence-electron chi connectivity index (χ3n) is 13.8. The van der Waals surface area contributed by atoms with Gasteiger partial charge in [-0.25, -0.2) is 0 Å². The van der Waals surface area contributed by atoms with Crippen LogP contribution in [0.5, 0.6) is 0 Å². The fourth-order valence-electron chi connectivity index (χ4n) is 8.86. The first-order chi connectivity index (χ1) is 37.5. The van der Waals surface area contributed by atoms with Crippen LogP contribution >= 0.6 is 7.82 Å². The number of hydrogen-bond acceptors (Lipinski definition) is 6. The molecule has 0 rings (SSSR count). The fourth-order valence-corrected chi connectivity index (χ4v) is 9.58. The Bertz CT molecular complexity index is 1620. The average molecular weight is 1090 g/mol. The van der Waals surface area contributed by atoms with E-state index in [9.17, 15) is 19.4 Å². The van der Waals surface area contributed by atoms with Gasteiger partial charge in [0, 0.05) is 6.42 Å². The van der Waals surface area contributed by atoms with Gasteiger partial charge in [-0.05, 0) is 83.5 Å². The minimum Gasteiger partial charge on any atom is -0.756 e. The number of allylic oxidation sites excluding steroid dienone is 18. The van der Waals surface area contributed by atoms with Crippen LogP contribution in [-0.4, -0.2) is 68.5 Å². The van der Waals surface area contributed by atoms with Crippen LogP contribution in [0.1, 0.15) is 264 Å². The zero-order valence-corrected chi connectivity index (χ0v) is 51.5. The summed E-state index contributed by atoms with van der Waals surface area (Å²) in [6.45, 7) is 4.60. The summed E-state index contributed by atoms with van der Waals surface area (Å²) in [5.41, 5.74) is 0. The maximum Gasteiger partial charge on any atom is 0.268 e. The summed E-state index contributed by atoms with van der Waals surface area (Å²) in [4.78, 5) is 25.6. The van der Waals surface area contributed by atoms with Crippen LogP contribution in [0.25, 0.3) is 0 Å². The Morgan fingerprint density at radius 2 is 0.792 bits per heavy atom. The predicted molar refractivity (Wildman–Crippen MR) is 334 cm³/mol. The van der Waals surface area contributed by atoms with Gasteiger partial charge in [0.05, 0.1) is 39.9 Å². The van der Waals surface area contributed by atoms with Crippen LogP contribution in [0.2, 0.25) is 0 Å². The summed E-state index contributed by atoms with van der Waals surface area (Å²) in [6, 6.07) is -0.821. The monoisotopic (exact) mass is 1090 g/mol. The summed E-state index contributed by atoms with van der Waals surface area (Å²) < 4.78 is 23.5. The second-order valence-electron chi connectivity index (χ2n) is 22.4. The molecule has 0 aliphatic carbocycles. The number of quaternary nitrogens is 1. The van der Waals surface area contributed by atoms with Gasteiger partial charge in [0.15, 0.2) is 0 Å². The lowest BCUT2D eigenvalue weighted by atomic mass is 10.0. The smallest absolute Gasteiger partial charge is 0.268 e. The van der Waals surface area contributed by atoms with Gasteiger partial charge in [-0.1, -0.05) is 284 Å². The predicted octanol–water partition coefficient (Wildman–Crippen LogP) is 19.3. The normalized spacial score (nSPS) is 14.5. The number of hydrogen-bond donors (Lipinski definition) is 2. The molecule has 8 nitrogen and oxygen atoms in total. The molecule has 0 bridgehead atoms. The number of unbranched alkanes of at least 4 members (excludes halogenated alkanes) is 26. The second kappa shape index (κ2) is 57.8. The number of phosphoric acid groups is 1. The summed E-state index contributed by atoms with van der Waals surface area (Å²) in [5.74, 6) is -0.185. The summed E-state index contributed by atoms with van der Waals surface area (Å²) in [6.07, 6.45) is 84.1. The average Bonchev–Trinajstić information content (AvgIpc) is 3.39. The standard InChI is InChI=1S/C68H121N2O6P/c1-6-8-10-12-14-16-18-20-22-24-26-28-30-31-32-33-34-35-36-37-38-39-40-42-44-46-48-50-52-54-56-58-60-62-68(72)69-66(65-76-77(73,74)75-64-63-70(3,4)5)67(71)61-59-57-55-53-51-49-47-45-43-41-29-27-25-23-21-19-17-15-13-11-9-7-2/h8,10,14,16,20,22,26,28,31-32,34-35,37-38,40,42,46,48,66-67,71H,6-7,9,11-13,15,17-19,21,23-25,27,29-30,33,36,39,41,43-45,47,49-65H2,1-5H3,(H-,69,72,73,74)/b10-8-,16-14-,22-20-,28-26-,32-31-,35-34-,38-37-,42-40-,48-46-. The molecular weight excluding hydrogens is 972 g/mol. The summed E-state index contributed by atoms with van der Waals surface area (Å²) in [7, 11) is 1.28. The van der Waals surface area contributed by atoms with Crippen LogP contribution in [0, 0.1) is 0 Å². The lowest BCUT2D eigenvalue weighted by Crippen LogP contribution is -2.46. The van der Waals surface area contributed by atoms with Crippen molar-refractivity contribution in [3.63, 3.8) is 0 Å².